The van der Waals surface area contributed by atoms with Crippen LogP contribution in [-0.2, 0) is 4.74 Å². The van der Waals surface area contributed by atoms with Gasteiger partial charge in [-0.3, -0.25) is 0 Å². The van der Waals surface area contributed by atoms with E-state index in [2.05, 4.69) is 12.1 Å². The van der Waals surface area contributed by atoms with Crippen molar-refractivity contribution < 1.29 is 4.74 Å². The van der Waals surface area contributed by atoms with Gasteiger partial charge in [0.1, 0.15) is 0 Å². The molecule has 0 radical (unpaired) electrons. The minimum Gasteiger partial charge on any atom is -0.379 e. The minimum absolute atomic E-state index is 0.0140. The monoisotopic (exact) mass is 285 g/mol. The van der Waals surface area contributed by atoms with Crippen LogP contribution in [0.4, 0.5) is 0 Å². The van der Waals surface area contributed by atoms with Crippen molar-refractivity contribution in [3.05, 3.63) is 35.9 Å². The second-order valence-electron chi connectivity index (χ2n) is 7.95. The van der Waals surface area contributed by atoms with Gasteiger partial charge in [-0.15, -0.1) is 0 Å². The van der Waals surface area contributed by atoms with Crippen LogP contribution in [0.2, 0.25) is 0 Å². The summed E-state index contributed by atoms with van der Waals surface area (Å²) < 4.78 is 6.11. The fourth-order valence-corrected chi connectivity index (χ4v) is 5.67. The fourth-order valence-electron chi connectivity index (χ4n) is 5.67. The minimum atomic E-state index is 0.0140. The number of hydrogen-bond donors (Lipinski definition) is 1. The summed E-state index contributed by atoms with van der Waals surface area (Å²) in [6.45, 7) is 1.60. The van der Waals surface area contributed by atoms with Crippen molar-refractivity contribution in [1.29, 1.82) is 0 Å². The van der Waals surface area contributed by atoms with Crippen LogP contribution in [0.15, 0.2) is 30.3 Å². The standard InChI is InChI=1S/C19H27NO/c20-18(17-4-2-1-3-5-17)12-21-13-19-9-14-6-15(10-19)8-16(7-14)11-19/h1-5,14-16,18H,6-13,20H2/t14?,15?,16?,18-,19?/m1/s1. The van der Waals surface area contributed by atoms with Gasteiger partial charge in [0.2, 0.25) is 0 Å². The number of benzene rings is 1. The molecule has 1 atom stereocenters. The molecule has 21 heavy (non-hydrogen) atoms. The van der Waals surface area contributed by atoms with Gasteiger partial charge in [-0.05, 0) is 67.3 Å². The van der Waals surface area contributed by atoms with Gasteiger partial charge in [0.15, 0.2) is 0 Å². The molecule has 1 aromatic rings. The summed E-state index contributed by atoms with van der Waals surface area (Å²) in [6.07, 6.45) is 8.76. The van der Waals surface area contributed by atoms with E-state index in [0.29, 0.717) is 12.0 Å². The number of nitrogens with two attached hydrogens (primary N) is 1. The van der Waals surface area contributed by atoms with Gasteiger partial charge in [0.05, 0.1) is 19.3 Å². The molecule has 0 saturated heterocycles. The Hall–Kier alpha value is -0.860. The lowest BCUT2D eigenvalue weighted by Gasteiger charge is -2.56. The highest BCUT2D eigenvalue weighted by Gasteiger charge is 2.50. The first-order valence-corrected chi connectivity index (χ1v) is 8.61. The quantitative estimate of drug-likeness (QED) is 0.890. The molecule has 4 aliphatic rings. The normalized spacial score (nSPS) is 38.6. The highest BCUT2D eigenvalue weighted by Crippen LogP contribution is 2.60. The van der Waals surface area contributed by atoms with Crippen molar-refractivity contribution >= 4 is 0 Å². The second-order valence-corrected chi connectivity index (χ2v) is 7.95. The van der Waals surface area contributed by atoms with Crippen LogP contribution in [0.3, 0.4) is 0 Å². The van der Waals surface area contributed by atoms with Crippen LogP contribution < -0.4 is 5.73 Å². The predicted molar refractivity (Wildman–Crippen MR) is 84.8 cm³/mol. The summed E-state index contributed by atoms with van der Waals surface area (Å²) >= 11 is 0. The third-order valence-corrected chi connectivity index (χ3v) is 6.10. The molecule has 4 saturated carbocycles. The molecule has 0 aliphatic heterocycles. The van der Waals surface area contributed by atoms with E-state index in [-0.39, 0.29) is 6.04 Å². The molecule has 1 aromatic carbocycles. The van der Waals surface area contributed by atoms with Gasteiger partial charge in [0, 0.05) is 0 Å². The largest absolute Gasteiger partial charge is 0.379 e. The highest BCUT2D eigenvalue weighted by atomic mass is 16.5. The molecule has 4 bridgehead atoms. The van der Waals surface area contributed by atoms with E-state index in [4.69, 9.17) is 10.5 Å². The highest BCUT2D eigenvalue weighted by molar-refractivity contribution is 5.18. The lowest BCUT2D eigenvalue weighted by molar-refractivity contribution is -0.0977. The Kier molecular flexibility index (Phi) is 3.55. The van der Waals surface area contributed by atoms with E-state index >= 15 is 0 Å². The molecule has 0 spiro atoms. The predicted octanol–water partition coefficient (Wildman–Crippen LogP) is 3.92. The maximum atomic E-state index is 6.25. The molecule has 0 aromatic heterocycles. The lowest BCUT2D eigenvalue weighted by Crippen LogP contribution is -2.48. The smallest absolute Gasteiger partial charge is 0.0659 e. The van der Waals surface area contributed by atoms with Gasteiger partial charge >= 0.3 is 0 Å². The summed E-state index contributed by atoms with van der Waals surface area (Å²) in [5.74, 6) is 3.01. The maximum Gasteiger partial charge on any atom is 0.0659 e. The van der Waals surface area contributed by atoms with E-state index in [1.54, 1.807) is 0 Å². The first-order chi connectivity index (χ1) is 10.2. The zero-order valence-corrected chi connectivity index (χ0v) is 12.8. The van der Waals surface area contributed by atoms with Crippen LogP contribution in [-0.4, -0.2) is 13.2 Å². The third-order valence-electron chi connectivity index (χ3n) is 6.10. The Morgan fingerprint density at radius 3 is 2.14 bits per heavy atom. The van der Waals surface area contributed by atoms with Crippen molar-refractivity contribution in [2.45, 2.75) is 44.6 Å². The topological polar surface area (TPSA) is 35.2 Å². The molecule has 4 aliphatic carbocycles. The average Bonchev–Trinajstić information content (AvgIpc) is 2.46. The summed E-state index contributed by atoms with van der Waals surface area (Å²) in [5.41, 5.74) is 7.94. The van der Waals surface area contributed by atoms with Gasteiger partial charge < -0.3 is 10.5 Å². The zero-order chi connectivity index (χ0) is 14.3. The molecular weight excluding hydrogens is 258 g/mol. The Balaban J connectivity index is 1.33. The van der Waals surface area contributed by atoms with Crippen molar-refractivity contribution in [1.82, 2.24) is 0 Å². The van der Waals surface area contributed by atoms with E-state index in [1.165, 1.54) is 44.1 Å². The Morgan fingerprint density at radius 2 is 1.57 bits per heavy atom. The maximum absolute atomic E-state index is 6.25. The van der Waals surface area contributed by atoms with E-state index in [9.17, 15) is 0 Å². The van der Waals surface area contributed by atoms with Gasteiger partial charge in [-0.25, -0.2) is 0 Å². The van der Waals surface area contributed by atoms with Crippen LogP contribution in [0, 0.1) is 23.2 Å². The molecule has 2 nitrogen and oxygen atoms in total. The van der Waals surface area contributed by atoms with Gasteiger partial charge in [-0.1, -0.05) is 30.3 Å². The van der Waals surface area contributed by atoms with Crippen molar-refractivity contribution in [3.8, 4) is 0 Å². The average molecular weight is 285 g/mol. The van der Waals surface area contributed by atoms with Gasteiger partial charge in [0.25, 0.3) is 0 Å². The molecule has 114 valence electrons. The van der Waals surface area contributed by atoms with E-state index in [0.717, 1.165) is 24.4 Å². The zero-order valence-electron chi connectivity index (χ0n) is 12.8. The molecule has 2 heteroatoms. The van der Waals surface area contributed by atoms with Crippen molar-refractivity contribution in [3.63, 3.8) is 0 Å². The Bertz CT molecular complexity index is 448. The summed E-state index contributed by atoms with van der Waals surface area (Å²) in [6, 6.07) is 10.3. The number of ether oxygens (including phenoxy) is 1. The van der Waals surface area contributed by atoms with E-state index in [1.807, 2.05) is 18.2 Å². The first-order valence-electron chi connectivity index (χ1n) is 8.61. The van der Waals surface area contributed by atoms with Crippen LogP contribution in [0.25, 0.3) is 0 Å². The number of hydrogen-bond acceptors (Lipinski definition) is 2. The molecule has 5 rings (SSSR count). The fraction of sp³-hybridized carbons (Fsp3) is 0.684. The summed E-state index contributed by atoms with van der Waals surface area (Å²) in [7, 11) is 0. The molecular formula is C19H27NO. The van der Waals surface area contributed by atoms with Gasteiger partial charge in [-0.2, -0.15) is 0 Å². The molecule has 0 unspecified atom stereocenters. The third kappa shape index (κ3) is 2.76. The molecule has 2 N–H and O–H groups in total. The van der Waals surface area contributed by atoms with Crippen molar-refractivity contribution in [2.75, 3.05) is 13.2 Å². The van der Waals surface area contributed by atoms with Crippen LogP contribution >= 0.6 is 0 Å². The van der Waals surface area contributed by atoms with E-state index < -0.39 is 0 Å². The summed E-state index contributed by atoms with van der Waals surface area (Å²) in [4.78, 5) is 0. The molecule has 4 fully saturated rings. The Labute approximate surface area is 128 Å². The SMILES string of the molecule is N[C@H](COCC12CC3CC(CC(C3)C1)C2)c1ccccc1. The first kappa shape index (κ1) is 13.8. The summed E-state index contributed by atoms with van der Waals surface area (Å²) in [5, 5.41) is 0. The second kappa shape index (κ2) is 5.40. The van der Waals surface area contributed by atoms with Crippen LogP contribution in [0.5, 0.6) is 0 Å². The molecule has 0 amide bonds. The molecule has 0 heterocycles. The number of rotatable bonds is 5. The van der Waals surface area contributed by atoms with Crippen LogP contribution in [0.1, 0.15) is 50.1 Å². The lowest BCUT2D eigenvalue weighted by atomic mass is 9.50. The Morgan fingerprint density at radius 1 is 1.00 bits per heavy atom. The van der Waals surface area contributed by atoms with Crippen molar-refractivity contribution in [2.24, 2.45) is 28.9 Å².